The Balaban J connectivity index is 2.21. The minimum atomic E-state index is -0.451. The number of hydrogen-bond acceptors (Lipinski definition) is 6. The van der Waals surface area contributed by atoms with E-state index in [1.165, 1.54) is 25.2 Å². The van der Waals surface area contributed by atoms with Crippen LogP contribution in [-0.2, 0) is 9.59 Å². The maximum atomic E-state index is 11.4. The van der Waals surface area contributed by atoms with E-state index in [4.69, 9.17) is 9.47 Å². The molecule has 6 heteroatoms. The fourth-order valence-electron chi connectivity index (χ4n) is 2.35. The van der Waals surface area contributed by atoms with E-state index in [9.17, 15) is 9.59 Å². The summed E-state index contributed by atoms with van der Waals surface area (Å²) in [5.74, 6) is -0.268. The molecule has 0 aliphatic rings. The quantitative estimate of drug-likeness (QED) is 0.529. The lowest BCUT2D eigenvalue weighted by Crippen LogP contribution is -2.06. The third-order valence-electron chi connectivity index (χ3n) is 3.25. The van der Waals surface area contributed by atoms with E-state index in [0.29, 0.717) is 22.1 Å². The summed E-state index contributed by atoms with van der Waals surface area (Å²) in [6.07, 6.45) is 0. The zero-order valence-corrected chi connectivity index (χ0v) is 14.3. The first-order chi connectivity index (χ1) is 11.4. The van der Waals surface area contributed by atoms with Crippen molar-refractivity contribution in [2.45, 2.75) is 20.8 Å². The number of fused-ring (bicyclic) bond motifs is 1. The predicted octanol–water partition coefficient (Wildman–Crippen LogP) is 4.12. The van der Waals surface area contributed by atoms with Crippen molar-refractivity contribution >= 4 is 33.5 Å². The largest absolute Gasteiger partial charge is 0.426 e. The monoisotopic (exact) mass is 341 g/mol. The van der Waals surface area contributed by atoms with Crippen molar-refractivity contribution in [3.63, 3.8) is 0 Å². The number of carbonyl (C=O) groups is 2. The smallest absolute Gasteiger partial charge is 0.308 e. The molecule has 24 heavy (non-hydrogen) atoms. The highest BCUT2D eigenvalue weighted by Gasteiger charge is 2.19. The Morgan fingerprint density at radius 2 is 1.62 bits per heavy atom. The van der Waals surface area contributed by atoms with Crippen molar-refractivity contribution in [3.05, 3.63) is 42.0 Å². The Kier molecular flexibility index (Phi) is 4.31. The summed E-state index contributed by atoms with van der Waals surface area (Å²) in [7, 11) is 0. The van der Waals surface area contributed by atoms with Gasteiger partial charge in [0.1, 0.15) is 16.5 Å². The van der Waals surface area contributed by atoms with E-state index in [1.807, 2.05) is 25.1 Å². The van der Waals surface area contributed by atoms with Gasteiger partial charge in [0.25, 0.3) is 0 Å². The van der Waals surface area contributed by atoms with Crippen molar-refractivity contribution in [1.29, 1.82) is 0 Å². The molecule has 0 bridgehead atoms. The van der Waals surface area contributed by atoms with Crippen LogP contribution >= 0.6 is 11.3 Å². The van der Waals surface area contributed by atoms with Gasteiger partial charge in [-0.2, -0.15) is 0 Å². The van der Waals surface area contributed by atoms with Crippen molar-refractivity contribution in [1.82, 2.24) is 4.98 Å². The SMILES string of the molecule is CC(=O)Oc1cccc(OC(C)=O)c1-c1nc2cc(C)ccc2s1. The summed E-state index contributed by atoms with van der Waals surface area (Å²) in [6.45, 7) is 4.64. The van der Waals surface area contributed by atoms with Crippen LogP contribution in [0, 0.1) is 6.92 Å². The molecule has 5 nitrogen and oxygen atoms in total. The molecule has 0 aliphatic carbocycles. The molecular formula is C18H15NO4S. The Hall–Kier alpha value is -2.73. The number of hydrogen-bond donors (Lipinski definition) is 0. The zero-order chi connectivity index (χ0) is 17.3. The van der Waals surface area contributed by atoms with E-state index >= 15 is 0 Å². The molecule has 1 heterocycles. The van der Waals surface area contributed by atoms with Crippen LogP contribution in [0.25, 0.3) is 20.8 Å². The van der Waals surface area contributed by atoms with Gasteiger partial charge >= 0.3 is 11.9 Å². The highest BCUT2D eigenvalue weighted by Crippen LogP contribution is 2.42. The van der Waals surface area contributed by atoms with Gasteiger partial charge in [0.2, 0.25) is 0 Å². The summed E-state index contributed by atoms with van der Waals surface area (Å²) in [6, 6.07) is 11.0. The normalized spacial score (nSPS) is 10.6. The molecule has 3 aromatic rings. The molecule has 0 saturated heterocycles. The van der Waals surface area contributed by atoms with Gasteiger partial charge in [-0.05, 0) is 36.8 Å². The van der Waals surface area contributed by atoms with Crippen LogP contribution in [0.2, 0.25) is 0 Å². The fraction of sp³-hybridized carbons (Fsp3) is 0.167. The number of rotatable bonds is 3. The van der Waals surface area contributed by atoms with Crippen molar-refractivity contribution in [2.24, 2.45) is 0 Å². The number of esters is 2. The number of benzene rings is 2. The van der Waals surface area contributed by atoms with E-state index in [0.717, 1.165) is 15.8 Å². The van der Waals surface area contributed by atoms with Crippen LogP contribution in [0.1, 0.15) is 19.4 Å². The van der Waals surface area contributed by atoms with E-state index in [1.54, 1.807) is 18.2 Å². The van der Waals surface area contributed by atoms with E-state index < -0.39 is 11.9 Å². The van der Waals surface area contributed by atoms with Crippen LogP contribution < -0.4 is 9.47 Å². The molecule has 3 rings (SSSR count). The number of aryl methyl sites for hydroxylation is 1. The van der Waals surface area contributed by atoms with Crippen LogP contribution in [-0.4, -0.2) is 16.9 Å². The first-order valence-corrected chi connectivity index (χ1v) is 8.13. The van der Waals surface area contributed by atoms with Crippen LogP contribution in [0.15, 0.2) is 36.4 Å². The molecule has 0 spiro atoms. The molecule has 0 radical (unpaired) electrons. The standard InChI is InChI=1S/C18H15NO4S/c1-10-7-8-16-13(9-10)19-18(24-16)17-14(22-11(2)20)5-4-6-15(17)23-12(3)21/h4-9H,1-3H3. The first-order valence-electron chi connectivity index (χ1n) is 7.31. The molecule has 0 N–H and O–H groups in total. The Bertz CT molecular complexity index is 911. The summed E-state index contributed by atoms with van der Waals surface area (Å²) in [5, 5.41) is 0.628. The Labute approximate surface area is 142 Å². The van der Waals surface area contributed by atoms with E-state index in [-0.39, 0.29) is 0 Å². The van der Waals surface area contributed by atoms with Crippen molar-refractivity contribution in [3.8, 4) is 22.1 Å². The second-order valence-corrected chi connectivity index (χ2v) is 6.34. The van der Waals surface area contributed by atoms with Crippen LogP contribution in [0.5, 0.6) is 11.5 Å². The van der Waals surface area contributed by atoms with Crippen LogP contribution in [0.3, 0.4) is 0 Å². The molecule has 0 aliphatic heterocycles. The fourth-order valence-corrected chi connectivity index (χ4v) is 3.35. The topological polar surface area (TPSA) is 65.5 Å². The third kappa shape index (κ3) is 3.28. The maximum Gasteiger partial charge on any atom is 0.308 e. The number of aromatic nitrogens is 1. The Morgan fingerprint density at radius 1 is 1.00 bits per heavy atom. The summed E-state index contributed by atoms with van der Waals surface area (Å²) in [5.41, 5.74) is 2.45. The maximum absolute atomic E-state index is 11.4. The third-order valence-corrected chi connectivity index (χ3v) is 4.31. The highest BCUT2D eigenvalue weighted by molar-refractivity contribution is 7.21. The molecule has 0 fully saturated rings. The number of carbonyl (C=O) groups excluding carboxylic acids is 2. The van der Waals surface area contributed by atoms with Crippen molar-refractivity contribution in [2.75, 3.05) is 0 Å². The molecule has 1 aromatic heterocycles. The minimum Gasteiger partial charge on any atom is -0.426 e. The minimum absolute atomic E-state index is 0.317. The number of ether oxygens (including phenoxy) is 2. The van der Waals surface area contributed by atoms with Gasteiger partial charge in [-0.25, -0.2) is 4.98 Å². The molecule has 0 unspecified atom stereocenters. The van der Waals surface area contributed by atoms with Gasteiger partial charge in [0.15, 0.2) is 0 Å². The second kappa shape index (κ2) is 6.41. The van der Waals surface area contributed by atoms with Gasteiger partial charge in [0, 0.05) is 13.8 Å². The summed E-state index contributed by atoms with van der Waals surface area (Å²) >= 11 is 1.45. The lowest BCUT2D eigenvalue weighted by atomic mass is 10.2. The van der Waals surface area contributed by atoms with Crippen LogP contribution in [0.4, 0.5) is 0 Å². The van der Waals surface area contributed by atoms with Gasteiger partial charge in [-0.3, -0.25) is 9.59 Å². The molecule has 0 atom stereocenters. The van der Waals surface area contributed by atoms with Gasteiger partial charge in [-0.1, -0.05) is 12.1 Å². The van der Waals surface area contributed by atoms with E-state index in [2.05, 4.69) is 4.98 Å². The molecule has 2 aromatic carbocycles. The molecule has 0 saturated carbocycles. The molecule has 0 amide bonds. The number of nitrogens with zero attached hydrogens (tertiary/aromatic N) is 1. The Morgan fingerprint density at radius 3 is 2.21 bits per heavy atom. The average Bonchev–Trinajstić information content (AvgIpc) is 2.88. The lowest BCUT2D eigenvalue weighted by molar-refractivity contribution is -0.132. The van der Waals surface area contributed by atoms with Gasteiger partial charge in [-0.15, -0.1) is 11.3 Å². The number of thiazole rings is 1. The van der Waals surface area contributed by atoms with Gasteiger partial charge in [0.05, 0.1) is 15.8 Å². The first kappa shape index (κ1) is 16.1. The molecule has 122 valence electrons. The predicted molar refractivity (Wildman–Crippen MR) is 92.4 cm³/mol. The second-order valence-electron chi connectivity index (χ2n) is 5.31. The summed E-state index contributed by atoms with van der Waals surface area (Å²) < 4.78 is 11.6. The van der Waals surface area contributed by atoms with Crippen molar-refractivity contribution < 1.29 is 19.1 Å². The summed E-state index contributed by atoms with van der Waals surface area (Å²) in [4.78, 5) is 27.4. The lowest BCUT2D eigenvalue weighted by Gasteiger charge is -2.11. The average molecular weight is 341 g/mol. The van der Waals surface area contributed by atoms with Gasteiger partial charge < -0.3 is 9.47 Å². The highest BCUT2D eigenvalue weighted by atomic mass is 32.1. The zero-order valence-electron chi connectivity index (χ0n) is 13.5. The molecular weight excluding hydrogens is 326 g/mol.